The van der Waals surface area contributed by atoms with Gasteiger partial charge in [0.1, 0.15) is 0 Å². The second-order valence-electron chi connectivity index (χ2n) is 8.91. The summed E-state index contributed by atoms with van der Waals surface area (Å²) in [4.78, 5) is 11.7. The first-order valence-corrected chi connectivity index (χ1v) is 9.51. The normalized spacial score (nSPS) is 21.5. The van der Waals surface area contributed by atoms with Crippen molar-refractivity contribution in [2.75, 3.05) is 7.11 Å². The summed E-state index contributed by atoms with van der Waals surface area (Å²) in [6.07, 6.45) is 6.45. The van der Waals surface area contributed by atoms with Gasteiger partial charge in [-0.15, -0.1) is 0 Å². The van der Waals surface area contributed by atoms with Gasteiger partial charge < -0.3 is 9.84 Å². The van der Waals surface area contributed by atoms with Gasteiger partial charge in [0.25, 0.3) is 0 Å². The van der Waals surface area contributed by atoms with E-state index in [0.717, 1.165) is 30.4 Å². The van der Waals surface area contributed by atoms with Crippen molar-refractivity contribution < 1.29 is 14.6 Å². The van der Waals surface area contributed by atoms with Crippen LogP contribution in [0.2, 0.25) is 0 Å². The van der Waals surface area contributed by atoms with Crippen molar-refractivity contribution in [3.8, 4) is 0 Å². The van der Waals surface area contributed by atoms with Crippen molar-refractivity contribution in [2.45, 2.75) is 70.6 Å². The molecule has 140 valence electrons. The second kappa shape index (κ2) is 6.61. The lowest BCUT2D eigenvalue weighted by atomic mass is 9.63. The molecule has 0 fully saturated rings. The molecule has 1 aromatic carbocycles. The molecule has 2 aliphatic rings. The van der Waals surface area contributed by atoms with Crippen LogP contribution in [0.25, 0.3) is 5.57 Å². The van der Waals surface area contributed by atoms with Gasteiger partial charge in [-0.05, 0) is 70.8 Å². The molecule has 0 bridgehead atoms. The molecule has 0 atom stereocenters. The highest BCUT2D eigenvalue weighted by Gasteiger charge is 2.37. The van der Waals surface area contributed by atoms with E-state index in [4.69, 9.17) is 4.74 Å². The average molecular weight is 354 g/mol. The first-order valence-electron chi connectivity index (χ1n) is 9.51. The number of aliphatic carboxylic acids is 1. The molecule has 2 aliphatic carbocycles. The number of hydrogen-bond acceptors (Lipinski definition) is 2. The first kappa shape index (κ1) is 18.8. The molecule has 3 nitrogen and oxygen atoms in total. The largest absolute Gasteiger partial charge is 0.503 e. The molecule has 26 heavy (non-hydrogen) atoms. The fourth-order valence-electron chi connectivity index (χ4n) is 4.50. The number of methoxy groups -OCH3 is 1. The van der Waals surface area contributed by atoms with E-state index in [-0.39, 0.29) is 16.4 Å². The highest BCUT2D eigenvalue weighted by Crippen LogP contribution is 2.47. The quantitative estimate of drug-likeness (QED) is 0.566. The Kier molecular flexibility index (Phi) is 4.76. The zero-order valence-corrected chi connectivity index (χ0v) is 16.6. The van der Waals surface area contributed by atoms with Crippen LogP contribution in [-0.4, -0.2) is 18.2 Å². The van der Waals surface area contributed by atoms with E-state index in [1.54, 1.807) is 0 Å². The predicted molar refractivity (Wildman–Crippen MR) is 105 cm³/mol. The monoisotopic (exact) mass is 354 g/mol. The van der Waals surface area contributed by atoms with E-state index < -0.39 is 5.97 Å². The number of ether oxygens (including phenoxy) is 1. The summed E-state index contributed by atoms with van der Waals surface area (Å²) >= 11 is 0. The number of allylic oxidation sites excluding steroid dienone is 1. The van der Waals surface area contributed by atoms with Gasteiger partial charge in [0.15, 0.2) is 0 Å². The van der Waals surface area contributed by atoms with E-state index in [2.05, 4.69) is 45.9 Å². The summed E-state index contributed by atoms with van der Waals surface area (Å²) in [5.74, 6) is -0.916. The molecule has 1 N–H and O–H groups in total. The van der Waals surface area contributed by atoms with Crippen molar-refractivity contribution in [1.82, 2.24) is 0 Å². The zero-order chi connectivity index (χ0) is 19.1. The molecule has 0 heterocycles. The Morgan fingerprint density at radius 1 is 1.08 bits per heavy atom. The van der Waals surface area contributed by atoms with Gasteiger partial charge >= 0.3 is 5.97 Å². The molecule has 0 radical (unpaired) electrons. The summed E-state index contributed by atoms with van der Waals surface area (Å²) in [7, 11) is 1.50. The molecule has 3 rings (SSSR count). The fraction of sp³-hybridized carbons (Fsp3) is 0.522. The summed E-state index contributed by atoms with van der Waals surface area (Å²) in [5.41, 5.74) is 6.74. The van der Waals surface area contributed by atoms with E-state index in [1.165, 1.54) is 42.9 Å². The minimum absolute atomic E-state index is 0.151. The van der Waals surface area contributed by atoms with Gasteiger partial charge in [-0.25, -0.2) is 4.79 Å². The van der Waals surface area contributed by atoms with E-state index in [9.17, 15) is 9.90 Å². The maximum atomic E-state index is 11.7. The molecule has 3 heteroatoms. The van der Waals surface area contributed by atoms with Crippen LogP contribution in [0.5, 0.6) is 0 Å². The highest BCUT2D eigenvalue weighted by molar-refractivity contribution is 5.96. The third kappa shape index (κ3) is 3.20. The lowest BCUT2D eigenvalue weighted by Crippen LogP contribution is -2.33. The summed E-state index contributed by atoms with van der Waals surface area (Å²) in [5, 5.41) is 9.59. The summed E-state index contributed by atoms with van der Waals surface area (Å²) < 4.78 is 5.04. The Hall–Kier alpha value is -2.03. The number of hydrogen-bond donors (Lipinski definition) is 1. The summed E-state index contributed by atoms with van der Waals surface area (Å²) in [6.45, 7) is 9.29. The molecule has 0 spiro atoms. The lowest BCUT2D eigenvalue weighted by Gasteiger charge is -2.42. The molecule has 0 saturated carbocycles. The van der Waals surface area contributed by atoms with Crippen LogP contribution in [0.4, 0.5) is 0 Å². The molecule has 0 aliphatic heterocycles. The topological polar surface area (TPSA) is 46.5 Å². The minimum Gasteiger partial charge on any atom is -0.503 e. The van der Waals surface area contributed by atoms with Gasteiger partial charge in [0.2, 0.25) is 0 Å². The highest BCUT2D eigenvalue weighted by atomic mass is 16.5. The van der Waals surface area contributed by atoms with E-state index >= 15 is 0 Å². The zero-order valence-electron chi connectivity index (χ0n) is 16.6. The Morgan fingerprint density at radius 3 is 2.35 bits per heavy atom. The summed E-state index contributed by atoms with van der Waals surface area (Å²) in [6, 6.07) is 6.78. The van der Waals surface area contributed by atoms with Crippen LogP contribution < -0.4 is 0 Å². The molecule has 0 saturated heterocycles. The van der Waals surface area contributed by atoms with E-state index in [0.29, 0.717) is 0 Å². The Labute approximate surface area is 156 Å². The van der Waals surface area contributed by atoms with Gasteiger partial charge in [-0.3, -0.25) is 0 Å². The van der Waals surface area contributed by atoms with Crippen LogP contribution in [0, 0.1) is 0 Å². The van der Waals surface area contributed by atoms with Crippen LogP contribution >= 0.6 is 0 Å². The third-order valence-electron chi connectivity index (χ3n) is 6.21. The standard InChI is InChI=1S/C23H30O3/c1-22(2)11-12-23(3,4)20-13-15(9-10-19(20)22)16-7-6-8-17(16)18(14-26-5)21(24)25/h9-10,13-14H,6-8,11-12H2,1-5H3,(H,24,25)/b18-14+. The van der Waals surface area contributed by atoms with Crippen LogP contribution in [-0.2, 0) is 20.4 Å². The van der Waals surface area contributed by atoms with Crippen molar-refractivity contribution in [1.29, 1.82) is 0 Å². The Morgan fingerprint density at radius 2 is 1.73 bits per heavy atom. The Balaban J connectivity index is 2.14. The van der Waals surface area contributed by atoms with Gasteiger partial charge in [-0.2, -0.15) is 0 Å². The lowest BCUT2D eigenvalue weighted by molar-refractivity contribution is -0.132. The molecule has 0 amide bonds. The predicted octanol–water partition coefficient (Wildman–Crippen LogP) is 5.59. The van der Waals surface area contributed by atoms with Crippen molar-refractivity contribution in [3.05, 3.63) is 52.3 Å². The fourth-order valence-corrected chi connectivity index (χ4v) is 4.50. The second-order valence-corrected chi connectivity index (χ2v) is 8.91. The SMILES string of the molecule is CO/C=C(/C(=O)O)C1=C(c2ccc3c(c2)C(C)(C)CCC3(C)C)CCC1. The minimum atomic E-state index is -0.916. The number of carboxylic acid groups (broad SMARTS) is 1. The van der Waals surface area contributed by atoms with Crippen molar-refractivity contribution in [3.63, 3.8) is 0 Å². The smallest absolute Gasteiger partial charge is 0.339 e. The van der Waals surface area contributed by atoms with Crippen LogP contribution in [0.1, 0.15) is 76.5 Å². The van der Waals surface area contributed by atoms with Gasteiger partial charge in [0.05, 0.1) is 18.9 Å². The number of benzene rings is 1. The van der Waals surface area contributed by atoms with Gasteiger partial charge in [-0.1, -0.05) is 45.9 Å². The molecule has 0 unspecified atom stereocenters. The number of carbonyl (C=O) groups is 1. The van der Waals surface area contributed by atoms with E-state index in [1.807, 2.05) is 0 Å². The maximum absolute atomic E-state index is 11.7. The van der Waals surface area contributed by atoms with Crippen LogP contribution in [0.3, 0.4) is 0 Å². The van der Waals surface area contributed by atoms with Crippen molar-refractivity contribution >= 4 is 11.5 Å². The first-order chi connectivity index (χ1) is 12.2. The number of rotatable bonds is 4. The molecular weight excluding hydrogens is 324 g/mol. The van der Waals surface area contributed by atoms with Crippen molar-refractivity contribution in [2.24, 2.45) is 0 Å². The number of carboxylic acids is 1. The number of fused-ring (bicyclic) bond motifs is 1. The molecule has 0 aromatic heterocycles. The molecular formula is C23H30O3. The maximum Gasteiger partial charge on any atom is 0.339 e. The van der Waals surface area contributed by atoms with Crippen LogP contribution in [0.15, 0.2) is 35.6 Å². The van der Waals surface area contributed by atoms with Gasteiger partial charge in [0, 0.05) is 0 Å². The Bertz CT molecular complexity index is 794. The molecule has 1 aromatic rings. The third-order valence-corrected chi connectivity index (χ3v) is 6.21. The average Bonchev–Trinajstić information content (AvgIpc) is 3.05.